The molecule has 6 aliphatic rings. The smallest absolute Gasteiger partial charge is 0.0863 e. The zero-order valence-corrected chi connectivity index (χ0v) is 22.8. The van der Waals surface area contributed by atoms with Crippen LogP contribution in [0.5, 0.6) is 0 Å². The van der Waals surface area contributed by atoms with Crippen LogP contribution in [0.4, 0.5) is 0 Å². The number of aliphatic hydroxyl groups is 2. The minimum Gasteiger partial charge on any atom is -0.396 e. The number of hydrogen-bond donors (Lipinski definition) is 6. The van der Waals surface area contributed by atoms with E-state index in [4.69, 9.17) is 9.68 Å². The Kier molecular flexibility index (Phi) is 11.7. The van der Waals surface area contributed by atoms with Gasteiger partial charge in [0, 0.05) is 37.1 Å². The lowest BCUT2D eigenvalue weighted by Crippen LogP contribution is -2.43. The Morgan fingerprint density at radius 3 is 1.89 bits per heavy atom. The molecule has 4 saturated heterocycles. The van der Waals surface area contributed by atoms with Crippen molar-refractivity contribution in [1.29, 1.82) is 0 Å². The van der Waals surface area contributed by atoms with Crippen molar-refractivity contribution in [2.24, 2.45) is 35.5 Å². The van der Waals surface area contributed by atoms with Crippen LogP contribution in [0.1, 0.15) is 78.1 Å². The Hall–Kier alpha value is -0.320. The predicted molar refractivity (Wildman–Crippen MR) is 142 cm³/mol. The number of piperidine rings is 2. The topological polar surface area (TPSA) is 107 Å². The zero-order valence-electron chi connectivity index (χ0n) is 22.8. The van der Waals surface area contributed by atoms with E-state index in [9.17, 15) is 10.2 Å². The van der Waals surface area contributed by atoms with E-state index in [2.05, 4.69) is 21.6 Å². The van der Waals surface area contributed by atoms with Gasteiger partial charge in [-0.1, -0.05) is 20.3 Å². The molecule has 2 saturated carbocycles. The summed E-state index contributed by atoms with van der Waals surface area (Å²) in [5.41, 5.74) is 6.48. The molecule has 0 spiro atoms. The van der Waals surface area contributed by atoms with Crippen LogP contribution in [0.3, 0.4) is 0 Å². The summed E-state index contributed by atoms with van der Waals surface area (Å²) in [6.07, 6.45) is 12.8. The first-order valence-corrected chi connectivity index (χ1v) is 15.2. The van der Waals surface area contributed by atoms with Gasteiger partial charge in [-0.15, -0.1) is 0 Å². The van der Waals surface area contributed by atoms with Crippen molar-refractivity contribution < 1.29 is 19.9 Å². The number of fused-ring (bicyclic) bond motifs is 2. The van der Waals surface area contributed by atoms with Crippen LogP contribution in [0.15, 0.2) is 0 Å². The van der Waals surface area contributed by atoms with Crippen LogP contribution in [0, 0.1) is 35.5 Å². The molecule has 8 heteroatoms. The van der Waals surface area contributed by atoms with Crippen LogP contribution in [0.25, 0.3) is 0 Å². The van der Waals surface area contributed by atoms with Gasteiger partial charge in [-0.05, 0) is 108 Å². The second-order valence-electron chi connectivity index (χ2n) is 11.8. The van der Waals surface area contributed by atoms with Gasteiger partial charge in [0.2, 0.25) is 0 Å². The summed E-state index contributed by atoms with van der Waals surface area (Å²) in [6, 6.07) is 0.936. The van der Waals surface area contributed by atoms with Crippen LogP contribution in [-0.2, 0) is 9.68 Å². The van der Waals surface area contributed by atoms with Crippen molar-refractivity contribution in [2.45, 2.75) is 102 Å². The van der Waals surface area contributed by atoms with Gasteiger partial charge in [0.25, 0.3) is 0 Å². The Bertz CT molecular complexity index is 598. The fraction of sp³-hybridized carbons (Fsp3) is 1.00. The third kappa shape index (κ3) is 6.81. The Morgan fingerprint density at radius 2 is 1.28 bits per heavy atom. The van der Waals surface area contributed by atoms with Crippen LogP contribution in [-0.4, -0.2) is 73.9 Å². The van der Waals surface area contributed by atoms with Crippen molar-refractivity contribution in [3.63, 3.8) is 0 Å². The van der Waals surface area contributed by atoms with E-state index >= 15 is 0 Å². The fourth-order valence-electron chi connectivity index (χ4n) is 7.79. The maximum Gasteiger partial charge on any atom is 0.0863 e. The summed E-state index contributed by atoms with van der Waals surface area (Å²) >= 11 is 0. The summed E-state index contributed by atoms with van der Waals surface area (Å²) in [5.74, 6) is 3.57. The normalized spacial score (nSPS) is 41.3. The van der Waals surface area contributed by atoms with E-state index in [-0.39, 0.29) is 0 Å². The molecule has 0 aromatic rings. The second kappa shape index (κ2) is 14.7. The second-order valence-corrected chi connectivity index (χ2v) is 11.8. The number of nitrogens with one attached hydrogen (secondary N) is 4. The lowest BCUT2D eigenvalue weighted by molar-refractivity contribution is -0.0247. The summed E-state index contributed by atoms with van der Waals surface area (Å²) in [6.45, 7) is 9.17. The third-order valence-electron chi connectivity index (χ3n) is 9.82. The number of hydroxylamine groups is 2. The first-order valence-electron chi connectivity index (χ1n) is 15.2. The Balaban J connectivity index is 0.000000158. The van der Waals surface area contributed by atoms with Gasteiger partial charge in [0.05, 0.1) is 12.2 Å². The van der Waals surface area contributed by atoms with Crippen molar-refractivity contribution in [3.8, 4) is 0 Å². The molecule has 0 amide bonds. The maximum absolute atomic E-state index is 9.43. The molecular formula is C28H54N4O4. The van der Waals surface area contributed by atoms with Gasteiger partial charge >= 0.3 is 0 Å². The molecule has 0 bridgehead atoms. The number of aliphatic hydroxyl groups excluding tert-OH is 2. The lowest BCUT2D eigenvalue weighted by atomic mass is 9.72. The van der Waals surface area contributed by atoms with E-state index in [1.807, 2.05) is 13.8 Å². The Labute approximate surface area is 218 Å². The monoisotopic (exact) mass is 510 g/mol. The molecule has 2 aliphatic carbocycles. The minimum atomic E-state index is 0.302. The van der Waals surface area contributed by atoms with E-state index in [0.29, 0.717) is 73.0 Å². The van der Waals surface area contributed by atoms with Gasteiger partial charge in [-0.2, -0.15) is 11.0 Å². The zero-order chi connectivity index (χ0) is 25.3. The molecule has 4 aliphatic heterocycles. The highest BCUT2D eigenvalue weighted by atomic mass is 16.7. The summed E-state index contributed by atoms with van der Waals surface area (Å²) in [7, 11) is 0. The summed E-state index contributed by atoms with van der Waals surface area (Å²) < 4.78 is 0. The average molecular weight is 511 g/mol. The van der Waals surface area contributed by atoms with Gasteiger partial charge in [-0.3, -0.25) is 9.68 Å². The highest BCUT2D eigenvalue weighted by Crippen LogP contribution is 2.41. The molecule has 0 aromatic carbocycles. The van der Waals surface area contributed by atoms with Gasteiger partial charge in [0.15, 0.2) is 0 Å². The SMILES string of the molecule is CC.OCC1CCC2NOC(C3CCNCC3)C2C1.OCC1CCCC2C1NOC2C1CCNCC1. The molecule has 4 heterocycles. The maximum atomic E-state index is 9.43. The fourth-order valence-corrected chi connectivity index (χ4v) is 7.79. The standard InChI is InChI=1S/2C13H24N2O2.C2H6/c16-8-9-1-2-12-11(7-9)13(17-15-12)10-3-5-14-6-4-10;16-8-10-2-1-3-11-12(10)15-17-13(11)9-4-6-14-7-5-9;1-2/h2*9-16H,1-8H2;1-2H3. The molecule has 8 atom stereocenters. The van der Waals surface area contributed by atoms with Crippen LogP contribution in [0.2, 0.25) is 0 Å². The molecule has 0 aromatic heterocycles. The molecule has 8 nitrogen and oxygen atoms in total. The summed E-state index contributed by atoms with van der Waals surface area (Å²) in [4.78, 5) is 11.8. The molecule has 210 valence electrons. The number of rotatable bonds is 4. The first-order chi connectivity index (χ1) is 17.8. The van der Waals surface area contributed by atoms with E-state index < -0.39 is 0 Å². The van der Waals surface area contributed by atoms with Gasteiger partial charge < -0.3 is 20.8 Å². The molecule has 8 unspecified atom stereocenters. The molecule has 6 fully saturated rings. The number of hydrogen-bond acceptors (Lipinski definition) is 8. The minimum absolute atomic E-state index is 0.302. The van der Waals surface area contributed by atoms with Crippen molar-refractivity contribution in [2.75, 3.05) is 39.4 Å². The highest BCUT2D eigenvalue weighted by molar-refractivity contribution is 4.97. The third-order valence-corrected chi connectivity index (χ3v) is 9.82. The molecule has 0 radical (unpaired) electrons. The largest absolute Gasteiger partial charge is 0.396 e. The van der Waals surface area contributed by atoms with Gasteiger partial charge in [0.1, 0.15) is 0 Å². The van der Waals surface area contributed by atoms with Crippen molar-refractivity contribution in [3.05, 3.63) is 0 Å². The van der Waals surface area contributed by atoms with Crippen molar-refractivity contribution >= 4 is 0 Å². The summed E-state index contributed by atoms with van der Waals surface area (Å²) in [5, 5.41) is 25.6. The molecule has 6 N–H and O–H groups in total. The first kappa shape index (κ1) is 28.7. The molecule has 6 rings (SSSR count). The van der Waals surface area contributed by atoms with Gasteiger partial charge in [-0.25, -0.2) is 0 Å². The quantitative estimate of drug-likeness (QED) is 0.342. The highest BCUT2D eigenvalue weighted by Gasteiger charge is 2.47. The van der Waals surface area contributed by atoms with E-state index in [1.54, 1.807) is 0 Å². The van der Waals surface area contributed by atoms with E-state index in [1.165, 1.54) is 38.5 Å². The Morgan fingerprint density at radius 1 is 0.667 bits per heavy atom. The molecular weight excluding hydrogens is 456 g/mol. The van der Waals surface area contributed by atoms with Crippen LogP contribution < -0.4 is 21.6 Å². The molecule has 36 heavy (non-hydrogen) atoms. The average Bonchev–Trinajstić information content (AvgIpc) is 3.59. The lowest BCUT2D eigenvalue weighted by Gasteiger charge is -2.35. The van der Waals surface area contributed by atoms with E-state index in [0.717, 1.165) is 51.9 Å². The van der Waals surface area contributed by atoms with Crippen molar-refractivity contribution in [1.82, 2.24) is 21.6 Å². The van der Waals surface area contributed by atoms with Crippen LogP contribution >= 0.6 is 0 Å². The predicted octanol–water partition coefficient (Wildman–Crippen LogP) is 2.36.